The van der Waals surface area contributed by atoms with Crippen molar-refractivity contribution in [3.8, 4) is 45.1 Å². The van der Waals surface area contributed by atoms with Crippen molar-refractivity contribution in [3.05, 3.63) is 78.0 Å². The predicted molar refractivity (Wildman–Crippen MR) is 114 cm³/mol. The summed E-state index contributed by atoms with van der Waals surface area (Å²) < 4.78 is 32.3. The van der Waals surface area contributed by atoms with Crippen LogP contribution in [0.5, 0.6) is 11.5 Å². The number of benzene rings is 3. The molecule has 32 heavy (non-hydrogen) atoms. The van der Waals surface area contributed by atoms with E-state index in [1.165, 1.54) is 54.6 Å². The minimum atomic E-state index is -0.501. The number of hydrogen-bond donors (Lipinski definition) is 3. The average Bonchev–Trinajstić information content (AvgIpc) is 3.20. The summed E-state index contributed by atoms with van der Waals surface area (Å²) in [6.45, 7) is 2.10. The van der Waals surface area contributed by atoms with E-state index in [9.17, 15) is 23.8 Å². The molecule has 0 aliphatic carbocycles. The molecule has 0 radical (unpaired) electrons. The molecule has 0 spiro atoms. The van der Waals surface area contributed by atoms with E-state index in [4.69, 9.17) is 4.52 Å². The number of carbonyl (C=O) groups excluding carboxylic acids is 1. The highest BCUT2D eigenvalue weighted by Gasteiger charge is 2.26. The fourth-order valence-corrected chi connectivity index (χ4v) is 3.38. The molecule has 3 N–H and O–H groups in total. The van der Waals surface area contributed by atoms with Crippen molar-refractivity contribution < 1.29 is 28.3 Å². The highest BCUT2D eigenvalue weighted by Crippen LogP contribution is 2.44. The standard InChI is InChI=1S/C24H18F2N2O4/c1-2-27-24(31)22-21(14-5-9-16(26)10-6-14)23(32-28-22)18-11-17(19(29)12-20(18)30)13-3-7-15(25)8-4-13/h3-12,29-30H,2H2,1H3,(H,27,31). The number of phenols is 2. The molecule has 0 unspecified atom stereocenters. The van der Waals surface area contributed by atoms with Crippen molar-refractivity contribution in [2.24, 2.45) is 0 Å². The lowest BCUT2D eigenvalue weighted by Crippen LogP contribution is -2.23. The van der Waals surface area contributed by atoms with Crippen molar-refractivity contribution in [2.45, 2.75) is 6.92 Å². The fourth-order valence-electron chi connectivity index (χ4n) is 3.38. The van der Waals surface area contributed by atoms with E-state index in [0.29, 0.717) is 23.2 Å². The van der Waals surface area contributed by atoms with Crippen LogP contribution in [0, 0.1) is 11.6 Å². The van der Waals surface area contributed by atoms with Gasteiger partial charge in [-0.15, -0.1) is 0 Å². The van der Waals surface area contributed by atoms with Crippen molar-refractivity contribution in [3.63, 3.8) is 0 Å². The Kier molecular flexibility index (Phi) is 5.59. The number of phenolic OH excluding ortho intramolecular Hbond substituents is 2. The van der Waals surface area contributed by atoms with Gasteiger partial charge in [0, 0.05) is 18.2 Å². The average molecular weight is 436 g/mol. The van der Waals surface area contributed by atoms with Crippen LogP contribution in [0.2, 0.25) is 0 Å². The van der Waals surface area contributed by atoms with Crippen LogP contribution in [0.1, 0.15) is 17.4 Å². The quantitative estimate of drug-likeness (QED) is 0.404. The SMILES string of the molecule is CCNC(=O)c1noc(-c2cc(-c3ccc(F)cc3)c(O)cc2O)c1-c1ccc(F)cc1. The Labute approximate surface area is 181 Å². The minimum absolute atomic E-state index is 0.0377. The van der Waals surface area contributed by atoms with Gasteiger partial charge in [-0.05, 0) is 48.4 Å². The Morgan fingerprint density at radius 2 is 1.47 bits per heavy atom. The highest BCUT2D eigenvalue weighted by atomic mass is 19.1. The molecule has 0 bridgehead atoms. The molecule has 0 saturated heterocycles. The molecule has 1 aromatic heterocycles. The smallest absolute Gasteiger partial charge is 0.274 e. The molecule has 8 heteroatoms. The first-order chi connectivity index (χ1) is 15.4. The number of carbonyl (C=O) groups is 1. The summed E-state index contributed by atoms with van der Waals surface area (Å²) in [4.78, 5) is 12.6. The first-order valence-electron chi connectivity index (χ1n) is 9.75. The van der Waals surface area contributed by atoms with E-state index in [2.05, 4.69) is 10.5 Å². The monoisotopic (exact) mass is 436 g/mol. The number of aromatic hydroxyl groups is 2. The second-order valence-electron chi connectivity index (χ2n) is 7.00. The summed E-state index contributed by atoms with van der Waals surface area (Å²) in [5.74, 6) is -1.90. The molecule has 0 aliphatic heterocycles. The van der Waals surface area contributed by atoms with Crippen LogP contribution in [0.15, 0.2) is 65.2 Å². The highest BCUT2D eigenvalue weighted by molar-refractivity contribution is 6.02. The normalized spacial score (nSPS) is 10.8. The lowest BCUT2D eigenvalue weighted by atomic mass is 9.95. The molecule has 0 fully saturated rings. The maximum absolute atomic E-state index is 13.5. The zero-order valence-electron chi connectivity index (χ0n) is 16.9. The first kappa shape index (κ1) is 21.0. The van der Waals surface area contributed by atoms with Crippen molar-refractivity contribution in [1.29, 1.82) is 0 Å². The Hall–Kier alpha value is -4.20. The summed E-state index contributed by atoms with van der Waals surface area (Å²) in [5, 5.41) is 27.4. The lowest BCUT2D eigenvalue weighted by Gasteiger charge is -2.11. The van der Waals surface area contributed by atoms with E-state index in [1.54, 1.807) is 6.92 Å². The third-order valence-corrected chi connectivity index (χ3v) is 4.89. The Balaban J connectivity index is 1.93. The number of halogens is 2. The molecule has 3 aromatic carbocycles. The molecule has 0 atom stereocenters. The summed E-state index contributed by atoms with van der Waals surface area (Å²) in [6.07, 6.45) is 0. The number of nitrogens with zero attached hydrogens (tertiary/aromatic N) is 1. The molecule has 162 valence electrons. The third kappa shape index (κ3) is 3.90. The molecule has 1 heterocycles. The number of hydrogen-bond acceptors (Lipinski definition) is 5. The van der Waals surface area contributed by atoms with Crippen LogP contribution in [-0.2, 0) is 0 Å². The second kappa shape index (κ2) is 8.50. The maximum Gasteiger partial charge on any atom is 0.274 e. The number of nitrogens with one attached hydrogen (secondary N) is 1. The van der Waals surface area contributed by atoms with Crippen molar-refractivity contribution >= 4 is 5.91 Å². The van der Waals surface area contributed by atoms with Gasteiger partial charge in [-0.1, -0.05) is 29.4 Å². The molecule has 4 aromatic rings. The summed E-state index contributed by atoms with van der Waals surface area (Å²) >= 11 is 0. The predicted octanol–water partition coefficient (Wildman–Crippen LogP) is 5.11. The van der Waals surface area contributed by atoms with Crippen LogP contribution in [0.25, 0.3) is 33.6 Å². The molecular formula is C24H18F2N2O4. The van der Waals surface area contributed by atoms with Crippen LogP contribution >= 0.6 is 0 Å². The molecule has 0 saturated carbocycles. The molecule has 6 nitrogen and oxygen atoms in total. The van der Waals surface area contributed by atoms with Crippen molar-refractivity contribution in [2.75, 3.05) is 6.54 Å². The van der Waals surface area contributed by atoms with E-state index >= 15 is 0 Å². The molecule has 4 rings (SSSR count). The van der Waals surface area contributed by atoms with Gasteiger partial charge < -0.3 is 20.1 Å². The zero-order chi connectivity index (χ0) is 22.8. The first-order valence-corrected chi connectivity index (χ1v) is 9.75. The van der Waals surface area contributed by atoms with Gasteiger partial charge in [0.05, 0.1) is 11.1 Å². The summed E-state index contributed by atoms with van der Waals surface area (Å²) in [6, 6.07) is 13.4. The van der Waals surface area contributed by atoms with Crippen molar-refractivity contribution in [1.82, 2.24) is 10.5 Å². The maximum atomic E-state index is 13.5. The largest absolute Gasteiger partial charge is 0.507 e. The van der Waals surface area contributed by atoms with Gasteiger partial charge in [0.2, 0.25) is 0 Å². The van der Waals surface area contributed by atoms with Gasteiger partial charge in [-0.2, -0.15) is 0 Å². The zero-order valence-corrected chi connectivity index (χ0v) is 16.9. The van der Waals surface area contributed by atoms with Crippen LogP contribution < -0.4 is 5.32 Å². The summed E-state index contributed by atoms with van der Waals surface area (Å²) in [5.41, 5.74) is 1.60. The van der Waals surface area contributed by atoms with Crippen LogP contribution in [0.4, 0.5) is 8.78 Å². The minimum Gasteiger partial charge on any atom is -0.507 e. The fraction of sp³-hybridized carbons (Fsp3) is 0.0833. The molecule has 1 amide bonds. The van der Waals surface area contributed by atoms with Gasteiger partial charge >= 0.3 is 0 Å². The number of rotatable bonds is 5. The van der Waals surface area contributed by atoms with E-state index in [0.717, 1.165) is 6.07 Å². The molecular weight excluding hydrogens is 418 g/mol. The second-order valence-corrected chi connectivity index (χ2v) is 7.00. The van der Waals surface area contributed by atoms with Crippen LogP contribution in [0.3, 0.4) is 0 Å². The Bertz CT molecular complexity index is 1280. The van der Waals surface area contributed by atoms with Gasteiger partial charge in [0.25, 0.3) is 5.91 Å². The van der Waals surface area contributed by atoms with Gasteiger partial charge in [0.15, 0.2) is 11.5 Å². The van der Waals surface area contributed by atoms with Gasteiger partial charge in [-0.25, -0.2) is 8.78 Å². The van der Waals surface area contributed by atoms with Gasteiger partial charge in [-0.3, -0.25) is 4.79 Å². The van der Waals surface area contributed by atoms with E-state index in [-0.39, 0.29) is 34.1 Å². The van der Waals surface area contributed by atoms with E-state index in [1.807, 2.05) is 0 Å². The van der Waals surface area contributed by atoms with E-state index < -0.39 is 17.5 Å². The van der Waals surface area contributed by atoms with Crippen LogP contribution in [-0.4, -0.2) is 27.8 Å². The molecule has 0 aliphatic rings. The summed E-state index contributed by atoms with van der Waals surface area (Å²) in [7, 11) is 0. The number of aromatic nitrogens is 1. The Morgan fingerprint density at radius 1 is 0.906 bits per heavy atom. The topological polar surface area (TPSA) is 95.6 Å². The Morgan fingerprint density at radius 3 is 2.06 bits per heavy atom. The number of amides is 1. The van der Waals surface area contributed by atoms with Gasteiger partial charge in [0.1, 0.15) is 23.1 Å². The third-order valence-electron chi connectivity index (χ3n) is 4.89. The lowest BCUT2D eigenvalue weighted by molar-refractivity contribution is 0.0947.